The van der Waals surface area contributed by atoms with Gasteiger partial charge in [0.25, 0.3) is 0 Å². The topological polar surface area (TPSA) is 186 Å². The third kappa shape index (κ3) is 3.72. The van der Waals surface area contributed by atoms with Crippen LogP contribution in [0.4, 0.5) is 0 Å². The van der Waals surface area contributed by atoms with Gasteiger partial charge in [-0.3, -0.25) is 4.79 Å². The number of hydrogen-bond donors (Lipinski definition) is 7. The van der Waals surface area contributed by atoms with Crippen molar-refractivity contribution in [2.24, 2.45) is 0 Å². The lowest BCUT2D eigenvalue weighted by Gasteiger charge is -2.39. The number of fused-ring (bicyclic) bond motifs is 1. The molecule has 2 aromatic rings. The van der Waals surface area contributed by atoms with Crippen molar-refractivity contribution >= 4 is 11.9 Å². The number of allylic oxidation sites excluding steroid dienone is 1. The van der Waals surface area contributed by atoms with E-state index in [0.717, 1.165) is 0 Å². The molecule has 0 bridgehead atoms. The largest absolute Gasteiger partial charge is 0.504 e. The zero-order chi connectivity index (χ0) is 23.2. The van der Waals surface area contributed by atoms with E-state index in [0.29, 0.717) is 5.56 Å². The Morgan fingerprint density at radius 3 is 2.41 bits per heavy atom. The first-order chi connectivity index (χ1) is 15.2. The lowest BCUT2D eigenvalue weighted by atomic mass is 9.99. The average Bonchev–Trinajstić information content (AvgIpc) is 3.09. The number of phenols is 3. The van der Waals surface area contributed by atoms with Crippen molar-refractivity contribution in [3.8, 4) is 28.7 Å². The van der Waals surface area contributed by atoms with E-state index in [1.54, 1.807) is 0 Å². The number of ketones is 1. The van der Waals surface area contributed by atoms with Gasteiger partial charge in [-0.05, 0) is 35.9 Å². The minimum absolute atomic E-state index is 0.0258. The minimum atomic E-state index is -1.69. The van der Waals surface area contributed by atoms with Crippen LogP contribution >= 0.6 is 0 Å². The van der Waals surface area contributed by atoms with Gasteiger partial charge < -0.3 is 50.0 Å². The summed E-state index contributed by atoms with van der Waals surface area (Å²) in [4.78, 5) is 12.6. The standard InChI is InChI=1S/C21H20O11/c22-7-14-16(26)18(28)19(29)21(32-14)31-12-4-2-9-15(25)13(30-20(9)17(12)27)6-8-1-3-10(23)11(24)5-8/h1-6,14,16,18-19,21-24,26-29H,7H2/b13-6+/t14-,16+,18+,19-,21-/m0/s1. The highest BCUT2D eigenvalue weighted by atomic mass is 16.7. The fourth-order valence-electron chi connectivity index (χ4n) is 3.39. The number of benzene rings is 2. The van der Waals surface area contributed by atoms with Crippen LogP contribution in [0.1, 0.15) is 15.9 Å². The molecular weight excluding hydrogens is 428 g/mol. The van der Waals surface area contributed by atoms with Gasteiger partial charge >= 0.3 is 0 Å². The second kappa shape index (κ2) is 8.30. The number of phenolic OH excluding ortho intramolecular Hbond substituents is 3. The van der Waals surface area contributed by atoms with Crippen molar-refractivity contribution in [3.05, 3.63) is 47.2 Å². The molecule has 32 heavy (non-hydrogen) atoms. The van der Waals surface area contributed by atoms with Crippen LogP contribution in [0.5, 0.6) is 28.7 Å². The maximum Gasteiger partial charge on any atom is 0.232 e. The van der Waals surface area contributed by atoms with Gasteiger partial charge in [0.1, 0.15) is 24.4 Å². The second-order valence-corrected chi connectivity index (χ2v) is 7.29. The van der Waals surface area contributed by atoms with Gasteiger partial charge in [-0.2, -0.15) is 0 Å². The lowest BCUT2D eigenvalue weighted by molar-refractivity contribution is -0.277. The molecule has 11 heteroatoms. The molecule has 11 nitrogen and oxygen atoms in total. The summed E-state index contributed by atoms with van der Waals surface area (Å²) in [6.45, 7) is -0.653. The van der Waals surface area contributed by atoms with E-state index in [4.69, 9.17) is 14.2 Å². The van der Waals surface area contributed by atoms with Crippen LogP contribution in [0.25, 0.3) is 6.08 Å². The van der Waals surface area contributed by atoms with Gasteiger partial charge in [-0.15, -0.1) is 0 Å². The van der Waals surface area contributed by atoms with Crippen LogP contribution in [0, 0.1) is 0 Å². The van der Waals surface area contributed by atoms with Gasteiger partial charge in [0.15, 0.2) is 28.8 Å². The fraction of sp³-hybridized carbons (Fsp3) is 0.286. The Labute approximate surface area is 180 Å². The molecule has 1 saturated heterocycles. The first-order valence-electron chi connectivity index (χ1n) is 9.50. The van der Waals surface area contributed by atoms with Crippen LogP contribution in [0.15, 0.2) is 36.1 Å². The van der Waals surface area contributed by atoms with E-state index in [2.05, 4.69) is 0 Å². The Morgan fingerprint density at radius 1 is 0.969 bits per heavy atom. The summed E-state index contributed by atoms with van der Waals surface area (Å²) in [5.41, 5.74) is 0.381. The van der Waals surface area contributed by atoms with Crippen LogP contribution in [-0.4, -0.2) is 78.8 Å². The molecule has 0 aliphatic carbocycles. The Balaban J connectivity index is 1.59. The Morgan fingerprint density at radius 2 is 1.72 bits per heavy atom. The zero-order valence-corrected chi connectivity index (χ0v) is 16.3. The lowest BCUT2D eigenvalue weighted by Crippen LogP contribution is -2.60. The quantitative estimate of drug-likeness (QED) is 0.238. The predicted molar refractivity (Wildman–Crippen MR) is 105 cm³/mol. The van der Waals surface area contributed by atoms with Crippen LogP contribution in [0.2, 0.25) is 0 Å². The Bertz CT molecular complexity index is 1080. The average molecular weight is 448 g/mol. The minimum Gasteiger partial charge on any atom is -0.504 e. The third-order valence-corrected chi connectivity index (χ3v) is 5.16. The van der Waals surface area contributed by atoms with Crippen LogP contribution in [-0.2, 0) is 4.74 Å². The van der Waals surface area contributed by atoms with E-state index in [9.17, 15) is 40.5 Å². The Hall–Kier alpha value is -3.35. The number of carbonyl (C=O) groups is 1. The molecule has 170 valence electrons. The number of carbonyl (C=O) groups excluding carboxylic acids is 1. The second-order valence-electron chi connectivity index (χ2n) is 7.29. The fourth-order valence-corrected chi connectivity index (χ4v) is 3.39. The van der Waals surface area contributed by atoms with E-state index in [1.165, 1.54) is 36.4 Å². The van der Waals surface area contributed by atoms with Gasteiger partial charge in [0.2, 0.25) is 17.8 Å². The molecular formula is C21H20O11. The number of aromatic hydroxyl groups is 3. The molecule has 2 heterocycles. The zero-order valence-electron chi connectivity index (χ0n) is 16.3. The van der Waals surface area contributed by atoms with Crippen molar-refractivity contribution in [2.45, 2.75) is 30.7 Å². The number of hydrogen-bond acceptors (Lipinski definition) is 11. The number of aliphatic hydroxyl groups is 4. The summed E-state index contributed by atoms with van der Waals surface area (Å²) in [7, 11) is 0. The van der Waals surface area contributed by atoms with Crippen LogP contribution in [0.3, 0.4) is 0 Å². The third-order valence-electron chi connectivity index (χ3n) is 5.16. The van der Waals surface area contributed by atoms with Crippen molar-refractivity contribution in [3.63, 3.8) is 0 Å². The Kier molecular flexibility index (Phi) is 5.67. The predicted octanol–water partition coefficient (Wildman–Crippen LogP) is -0.402. The molecule has 7 N–H and O–H groups in total. The van der Waals surface area contributed by atoms with E-state index < -0.39 is 48.8 Å². The first kappa shape index (κ1) is 21.9. The molecule has 2 aromatic carbocycles. The molecule has 0 radical (unpaired) electrons. The molecule has 2 aliphatic rings. The van der Waals surface area contributed by atoms with E-state index >= 15 is 0 Å². The molecule has 0 amide bonds. The van der Waals surface area contributed by atoms with Gasteiger partial charge in [-0.25, -0.2) is 0 Å². The number of ether oxygens (including phenoxy) is 3. The van der Waals surface area contributed by atoms with Gasteiger partial charge in [-0.1, -0.05) is 6.07 Å². The SMILES string of the molecule is O=C1/C(=C\c2ccc(O)c(O)c2)Oc2c1ccc(O[C@H]1O[C@@H](CO)[C@@H](O)[C@@H](O)[C@@H]1O)c2O. The summed E-state index contributed by atoms with van der Waals surface area (Å²) in [5, 5.41) is 68.6. The molecule has 1 fully saturated rings. The number of Topliss-reactive ketones (excluding diaryl/α,β-unsaturated/α-hetero) is 1. The summed E-state index contributed by atoms with van der Waals surface area (Å²) in [5.74, 6) is -2.48. The molecule has 0 saturated carbocycles. The maximum absolute atomic E-state index is 12.6. The van der Waals surface area contributed by atoms with Crippen molar-refractivity contribution in [2.75, 3.05) is 6.61 Å². The molecule has 4 rings (SSSR count). The molecule has 0 unspecified atom stereocenters. The summed E-state index contributed by atoms with van der Waals surface area (Å²) in [6.07, 6.45) is -6.38. The molecule has 5 atom stereocenters. The van der Waals surface area contributed by atoms with Crippen molar-refractivity contribution < 1.29 is 54.8 Å². The highest BCUT2D eigenvalue weighted by Crippen LogP contribution is 2.45. The van der Waals surface area contributed by atoms with Crippen LogP contribution < -0.4 is 9.47 Å². The van der Waals surface area contributed by atoms with Crippen molar-refractivity contribution in [1.82, 2.24) is 0 Å². The van der Waals surface area contributed by atoms with E-state index in [1.807, 2.05) is 0 Å². The van der Waals surface area contributed by atoms with Gasteiger partial charge in [0, 0.05) is 0 Å². The normalized spacial score (nSPS) is 28.4. The maximum atomic E-state index is 12.6. The van der Waals surface area contributed by atoms with Gasteiger partial charge in [0.05, 0.1) is 12.2 Å². The number of rotatable bonds is 4. The number of aliphatic hydroxyl groups excluding tert-OH is 4. The highest BCUT2D eigenvalue weighted by molar-refractivity contribution is 6.15. The summed E-state index contributed by atoms with van der Waals surface area (Å²) >= 11 is 0. The summed E-state index contributed by atoms with van der Waals surface area (Å²) < 4.78 is 16.1. The first-order valence-corrected chi connectivity index (χ1v) is 9.50. The smallest absolute Gasteiger partial charge is 0.232 e. The molecule has 0 aromatic heterocycles. The monoisotopic (exact) mass is 448 g/mol. The summed E-state index contributed by atoms with van der Waals surface area (Å²) in [6, 6.07) is 6.43. The molecule has 0 spiro atoms. The van der Waals surface area contributed by atoms with Crippen molar-refractivity contribution in [1.29, 1.82) is 0 Å². The highest BCUT2D eigenvalue weighted by Gasteiger charge is 2.45. The molecule has 2 aliphatic heterocycles. The van der Waals surface area contributed by atoms with E-state index in [-0.39, 0.29) is 34.3 Å².